The molecule has 0 amide bonds. The highest BCUT2D eigenvalue weighted by Gasteiger charge is 2.24. The van der Waals surface area contributed by atoms with E-state index in [1.807, 2.05) is 0 Å². The van der Waals surface area contributed by atoms with Gasteiger partial charge in [-0.05, 0) is 13.0 Å². The summed E-state index contributed by atoms with van der Waals surface area (Å²) < 4.78 is 6.73. The quantitative estimate of drug-likeness (QED) is 0.764. The van der Waals surface area contributed by atoms with Gasteiger partial charge in [0.15, 0.2) is 0 Å². The molecule has 1 aliphatic rings. The number of carbonyl (C=O) groups is 1. The third kappa shape index (κ3) is 2.24. The van der Waals surface area contributed by atoms with Crippen molar-refractivity contribution in [3.63, 3.8) is 0 Å². The highest BCUT2D eigenvalue weighted by Crippen LogP contribution is 2.15. The van der Waals surface area contributed by atoms with E-state index in [4.69, 9.17) is 10.5 Å². The van der Waals surface area contributed by atoms with Crippen molar-refractivity contribution in [1.82, 2.24) is 9.55 Å². The first-order chi connectivity index (χ1) is 7.31. The van der Waals surface area contributed by atoms with E-state index >= 15 is 0 Å². The van der Waals surface area contributed by atoms with Crippen LogP contribution in [0, 0.1) is 5.92 Å². The van der Waals surface area contributed by atoms with Crippen LogP contribution in [0.5, 0.6) is 0 Å². The fourth-order valence-electron chi connectivity index (χ4n) is 1.70. The molecule has 1 aliphatic heterocycles. The molecule has 2 N–H and O–H groups in total. The van der Waals surface area contributed by atoms with Gasteiger partial charge in [-0.3, -0.25) is 9.36 Å². The first-order valence-corrected chi connectivity index (χ1v) is 5.16. The van der Waals surface area contributed by atoms with Gasteiger partial charge in [-0.25, -0.2) is 4.98 Å². The molecule has 15 heavy (non-hydrogen) atoms. The van der Waals surface area contributed by atoms with Gasteiger partial charge in [-0.2, -0.15) is 0 Å². The lowest BCUT2D eigenvalue weighted by molar-refractivity contribution is 0.0814. The number of aromatic nitrogens is 2. The van der Waals surface area contributed by atoms with Crippen molar-refractivity contribution in [3.8, 4) is 0 Å². The molecule has 0 bridgehead atoms. The highest BCUT2D eigenvalue weighted by atomic mass is 16.5. The SMILES string of the molecule is NCCc1cn(C(=O)C2CCOC2)cn1. The second kappa shape index (κ2) is 4.55. The van der Waals surface area contributed by atoms with Gasteiger partial charge in [0, 0.05) is 19.2 Å². The van der Waals surface area contributed by atoms with Crippen LogP contribution in [-0.4, -0.2) is 35.2 Å². The number of imidazole rings is 1. The summed E-state index contributed by atoms with van der Waals surface area (Å²) in [5.41, 5.74) is 6.28. The normalized spacial score (nSPS) is 20.7. The molecule has 0 aliphatic carbocycles. The first kappa shape index (κ1) is 10.3. The van der Waals surface area contributed by atoms with E-state index in [1.54, 1.807) is 17.1 Å². The number of nitrogens with zero attached hydrogens (tertiary/aromatic N) is 2. The molecular weight excluding hydrogens is 194 g/mol. The van der Waals surface area contributed by atoms with Gasteiger partial charge in [-0.1, -0.05) is 0 Å². The molecule has 2 heterocycles. The Bertz CT molecular complexity index is 342. The predicted octanol–water partition coefficient (Wildman–Crippen LogP) is 0.0610. The van der Waals surface area contributed by atoms with E-state index in [9.17, 15) is 4.79 Å². The van der Waals surface area contributed by atoms with Crippen LogP contribution in [0.4, 0.5) is 0 Å². The average Bonchev–Trinajstić information content (AvgIpc) is 2.87. The van der Waals surface area contributed by atoms with Gasteiger partial charge in [0.2, 0.25) is 5.91 Å². The van der Waals surface area contributed by atoms with Crippen LogP contribution in [0.3, 0.4) is 0 Å². The van der Waals surface area contributed by atoms with Crippen LogP contribution >= 0.6 is 0 Å². The highest BCUT2D eigenvalue weighted by molar-refractivity contribution is 5.81. The summed E-state index contributed by atoms with van der Waals surface area (Å²) in [5.74, 6) is 0.0631. The number of rotatable bonds is 3. The zero-order chi connectivity index (χ0) is 10.7. The Hall–Kier alpha value is -1.20. The summed E-state index contributed by atoms with van der Waals surface area (Å²) in [4.78, 5) is 16.0. The van der Waals surface area contributed by atoms with Crippen LogP contribution in [0.15, 0.2) is 12.5 Å². The van der Waals surface area contributed by atoms with Crippen LogP contribution in [0.1, 0.15) is 16.9 Å². The molecule has 82 valence electrons. The van der Waals surface area contributed by atoms with E-state index in [-0.39, 0.29) is 11.8 Å². The van der Waals surface area contributed by atoms with E-state index in [2.05, 4.69) is 4.98 Å². The van der Waals surface area contributed by atoms with Crippen LogP contribution in [0.2, 0.25) is 0 Å². The van der Waals surface area contributed by atoms with Gasteiger partial charge >= 0.3 is 0 Å². The molecule has 0 radical (unpaired) electrons. The largest absolute Gasteiger partial charge is 0.381 e. The first-order valence-electron chi connectivity index (χ1n) is 5.16. The average molecular weight is 209 g/mol. The molecule has 5 nitrogen and oxygen atoms in total. The lowest BCUT2D eigenvalue weighted by Gasteiger charge is -2.05. The minimum Gasteiger partial charge on any atom is -0.381 e. The van der Waals surface area contributed by atoms with Crippen molar-refractivity contribution < 1.29 is 9.53 Å². The summed E-state index contributed by atoms with van der Waals surface area (Å²) in [6, 6.07) is 0. The Morgan fingerprint density at radius 1 is 1.73 bits per heavy atom. The number of ether oxygens (including phenoxy) is 1. The molecule has 1 atom stereocenters. The van der Waals surface area contributed by atoms with Gasteiger partial charge in [0.05, 0.1) is 18.2 Å². The van der Waals surface area contributed by atoms with Crippen molar-refractivity contribution in [2.45, 2.75) is 12.8 Å². The Balaban J connectivity index is 2.04. The lowest BCUT2D eigenvalue weighted by atomic mass is 10.1. The molecule has 1 aromatic rings. The minimum atomic E-state index is -0.00933. The molecule has 0 spiro atoms. The molecular formula is C10H15N3O2. The summed E-state index contributed by atoms with van der Waals surface area (Å²) in [6.45, 7) is 1.77. The van der Waals surface area contributed by atoms with Crippen LogP contribution < -0.4 is 5.73 Å². The molecule has 0 aromatic carbocycles. The number of carbonyl (C=O) groups excluding carboxylic acids is 1. The van der Waals surface area contributed by atoms with Crippen LogP contribution in [0.25, 0.3) is 0 Å². The number of hydrogen-bond acceptors (Lipinski definition) is 4. The maximum Gasteiger partial charge on any atom is 0.237 e. The Labute approximate surface area is 88.2 Å². The zero-order valence-electron chi connectivity index (χ0n) is 8.56. The van der Waals surface area contributed by atoms with Crippen molar-refractivity contribution in [2.75, 3.05) is 19.8 Å². The van der Waals surface area contributed by atoms with Crippen molar-refractivity contribution in [2.24, 2.45) is 11.7 Å². The van der Waals surface area contributed by atoms with Crippen LogP contribution in [-0.2, 0) is 11.2 Å². The van der Waals surface area contributed by atoms with Gasteiger partial charge in [-0.15, -0.1) is 0 Å². The maximum atomic E-state index is 11.9. The standard InChI is InChI=1S/C10H15N3O2/c11-3-1-9-5-13(7-12-9)10(14)8-2-4-15-6-8/h5,7-8H,1-4,6,11H2. The minimum absolute atomic E-state index is 0.00933. The van der Waals surface area contributed by atoms with E-state index < -0.39 is 0 Å². The Morgan fingerprint density at radius 3 is 3.27 bits per heavy atom. The summed E-state index contributed by atoms with van der Waals surface area (Å²) in [5, 5.41) is 0. The third-order valence-corrected chi connectivity index (χ3v) is 2.57. The lowest BCUT2D eigenvalue weighted by Crippen LogP contribution is -2.20. The molecule has 0 saturated carbocycles. The predicted molar refractivity (Wildman–Crippen MR) is 54.5 cm³/mol. The topological polar surface area (TPSA) is 70.1 Å². The molecule has 5 heteroatoms. The van der Waals surface area contributed by atoms with E-state index in [1.165, 1.54) is 0 Å². The summed E-state index contributed by atoms with van der Waals surface area (Å²) in [7, 11) is 0. The second-order valence-electron chi connectivity index (χ2n) is 3.71. The van der Waals surface area contributed by atoms with E-state index in [0.29, 0.717) is 26.2 Å². The molecule has 1 unspecified atom stereocenters. The maximum absolute atomic E-state index is 11.9. The van der Waals surface area contributed by atoms with Gasteiger partial charge in [0.25, 0.3) is 0 Å². The monoisotopic (exact) mass is 209 g/mol. The molecule has 2 rings (SSSR count). The molecule has 1 fully saturated rings. The Kier molecular flexibility index (Phi) is 3.13. The van der Waals surface area contributed by atoms with E-state index in [0.717, 1.165) is 12.1 Å². The van der Waals surface area contributed by atoms with Gasteiger partial charge in [0.1, 0.15) is 6.33 Å². The van der Waals surface area contributed by atoms with Crippen molar-refractivity contribution in [3.05, 3.63) is 18.2 Å². The van der Waals surface area contributed by atoms with Crippen molar-refractivity contribution >= 4 is 5.91 Å². The number of hydrogen-bond donors (Lipinski definition) is 1. The molecule has 1 saturated heterocycles. The number of nitrogens with two attached hydrogens (primary N) is 1. The third-order valence-electron chi connectivity index (χ3n) is 2.57. The summed E-state index contributed by atoms with van der Waals surface area (Å²) >= 11 is 0. The second-order valence-corrected chi connectivity index (χ2v) is 3.71. The summed E-state index contributed by atoms with van der Waals surface area (Å²) in [6.07, 6.45) is 4.84. The zero-order valence-corrected chi connectivity index (χ0v) is 8.56. The fraction of sp³-hybridized carbons (Fsp3) is 0.600. The molecule has 1 aromatic heterocycles. The van der Waals surface area contributed by atoms with Crippen molar-refractivity contribution in [1.29, 1.82) is 0 Å². The smallest absolute Gasteiger partial charge is 0.237 e. The fourth-order valence-corrected chi connectivity index (χ4v) is 1.70. The Morgan fingerprint density at radius 2 is 2.60 bits per heavy atom. The van der Waals surface area contributed by atoms with Gasteiger partial charge < -0.3 is 10.5 Å².